The molecule has 0 bridgehead atoms. The number of benzene rings is 1. The molecule has 0 spiro atoms. The van der Waals surface area contributed by atoms with Crippen LogP contribution in [0.15, 0.2) is 39.3 Å². The first-order chi connectivity index (χ1) is 9.04. The van der Waals surface area contributed by atoms with Crippen LogP contribution in [0.25, 0.3) is 0 Å². The first-order valence-electron chi connectivity index (χ1n) is 5.81. The van der Waals surface area contributed by atoms with E-state index in [1.54, 1.807) is 13.0 Å². The molecule has 0 aliphatic rings. The molecule has 0 aliphatic carbocycles. The molecule has 1 aromatic carbocycles. The lowest BCUT2D eigenvalue weighted by atomic mass is 10.1. The summed E-state index contributed by atoms with van der Waals surface area (Å²) < 4.78 is 5.88. The minimum Gasteiger partial charge on any atom is -0.360 e. The van der Waals surface area contributed by atoms with Gasteiger partial charge in [-0.15, -0.1) is 0 Å². The third-order valence-corrected chi connectivity index (χ3v) is 3.12. The van der Waals surface area contributed by atoms with E-state index in [1.807, 2.05) is 31.2 Å². The van der Waals surface area contributed by atoms with Crippen LogP contribution in [0.4, 0.5) is 10.6 Å². The molecule has 2 rings (SSSR count). The molecule has 0 radical (unpaired) electrons. The fourth-order valence-corrected chi connectivity index (χ4v) is 1.87. The van der Waals surface area contributed by atoms with Crippen LogP contribution in [0.3, 0.4) is 0 Å². The molecule has 100 valence electrons. The van der Waals surface area contributed by atoms with Gasteiger partial charge in [-0.2, -0.15) is 0 Å². The molecule has 19 heavy (non-hydrogen) atoms. The highest BCUT2D eigenvalue weighted by Gasteiger charge is 2.10. The third kappa shape index (κ3) is 3.82. The normalized spacial score (nSPS) is 11.9. The molecule has 1 unspecified atom stereocenters. The van der Waals surface area contributed by atoms with Gasteiger partial charge in [0.05, 0.1) is 6.04 Å². The quantitative estimate of drug-likeness (QED) is 0.906. The van der Waals surface area contributed by atoms with Gasteiger partial charge in [0.25, 0.3) is 0 Å². The minimum absolute atomic E-state index is 0.0962. The number of carbonyl (C=O) groups is 1. The summed E-state index contributed by atoms with van der Waals surface area (Å²) in [4.78, 5) is 11.8. The van der Waals surface area contributed by atoms with Crippen molar-refractivity contribution in [1.82, 2.24) is 10.5 Å². The predicted molar refractivity (Wildman–Crippen MR) is 76.0 cm³/mol. The van der Waals surface area contributed by atoms with E-state index in [0.717, 1.165) is 10.0 Å². The van der Waals surface area contributed by atoms with E-state index < -0.39 is 0 Å². The molecule has 5 nitrogen and oxygen atoms in total. The van der Waals surface area contributed by atoms with Crippen molar-refractivity contribution >= 4 is 27.8 Å². The summed E-state index contributed by atoms with van der Waals surface area (Å²) in [6, 6.07) is 9.03. The van der Waals surface area contributed by atoms with E-state index in [4.69, 9.17) is 4.52 Å². The van der Waals surface area contributed by atoms with Gasteiger partial charge < -0.3 is 9.84 Å². The maximum absolute atomic E-state index is 11.8. The van der Waals surface area contributed by atoms with Crippen molar-refractivity contribution in [2.24, 2.45) is 0 Å². The lowest BCUT2D eigenvalue weighted by Crippen LogP contribution is -2.31. The summed E-state index contributed by atoms with van der Waals surface area (Å²) >= 11 is 3.37. The SMILES string of the molecule is Cc1cc(NC(=O)NC(C)c2ccc(Br)cc2)no1. The lowest BCUT2D eigenvalue weighted by molar-refractivity contribution is 0.249. The van der Waals surface area contributed by atoms with Crippen LogP contribution >= 0.6 is 15.9 Å². The lowest BCUT2D eigenvalue weighted by Gasteiger charge is -2.14. The van der Waals surface area contributed by atoms with Gasteiger partial charge in [0.2, 0.25) is 0 Å². The number of nitrogens with one attached hydrogen (secondary N) is 2. The summed E-state index contributed by atoms with van der Waals surface area (Å²) in [5, 5.41) is 9.13. The zero-order chi connectivity index (χ0) is 13.8. The molecule has 1 atom stereocenters. The van der Waals surface area contributed by atoms with Crippen LogP contribution in [0, 0.1) is 6.92 Å². The van der Waals surface area contributed by atoms with Gasteiger partial charge in [0, 0.05) is 10.5 Å². The molecule has 0 saturated carbocycles. The highest BCUT2D eigenvalue weighted by molar-refractivity contribution is 9.10. The Labute approximate surface area is 119 Å². The van der Waals surface area contributed by atoms with Gasteiger partial charge in [-0.3, -0.25) is 5.32 Å². The Balaban J connectivity index is 1.93. The maximum Gasteiger partial charge on any atom is 0.320 e. The number of nitrogens with zero attached hydrogens (tertiary/aromatic N) is 1. The first-order valence-corrected chi connectivity index (χ1v) is 6.60. The van der Waals surface area contributed by atoms with Crippen molar-refractivity contribution in [1.29, 1.82) is 0 Å². The van der Waals surface area contributed by atoms with E-state index in [1.165, 1.54) is 0 Å². The number of rotatable bonds is 3. The number of carbonyl (C=O) groups excluding carboxylic acids is 1. The summed E-state index contributed by atoms with van der Waals surface area (Å²) in [6.45, 7) is 3.68. The number of hydrogen-bond acceptors (Lipinski definition) is 3. The summed E-state index contributed by atoms with van der Waals surface area (Å²) in [5.41, 5.74) is 1.02. The van der Waals surface area contributed by atoms with Gasteiger partial charge in [-0.05, 0) is 31.5 Å². The number of anilines is 1. The molecule has 2 amide bonds. The largest absolute Gasteiger partial charge is 0.360 e. The second-order valence-corrected chi connectivity index (χ2v) is 5.11. The van der Waals surface area contributed by atoms with Gasteiger partial charge in [-0.25, -0.2) is 4.79 Å². The molecular formula is C13H14BrN3O2. The Morgan fingerprint density at radius 2 is 2.05 bits per heavy atom. The second kappa shape index (κ2) is 5.88. The number of halogens is 1. The van der Waals surface area contributed by atoms with Crippen LogP contribution in [0.2, 0.25) is 0 Å². The van der Waals surface area contributed by atoms with Crippen LogP contribution in [-0.2, 0) is 0 Å². The maximum atomic E-state index is 11.8. The summed E-state index contributed by atoms with van der Waals surface area (Å²) in [7, 11) is 0. The molecule has 1 aromatic heterocycles. The Hall–Kier alpha value is -1.82. The number of amides is 2. The molecule has 0 aliphatic heterocycles. The van der Waals surface area contributed by atoms with Gasteiger partial charge in [0.15, 0.2) is 5.82 Å². The Morgan fingerprint density at radius 3 is 2.63 bits per heavy atom. The van der Waals surface area contributed by atoms with Crippen molar-refractivity contribution in [2.75, 3.05) is 5.32 Å². The smallest absolute Gasteiger partial charge is 0.320 e. The van der Waals surface area contributed by atoms with Crippen LogP contribution < -0.4 is 10.6 Å². The van der Waals surface area contributed by atoms with Crippen LogP contribution in [0.5, 0.6) is 0 Å². The molecule has 2 aromatic rings. The van der Waals surface area contributed by atoms with Crippen molar-refractivity contribution in [3.05, 3.63) is 46.1 Å². The van der Waals surface area contributed by atoms with Gasteiger partial charge in [0.1, 0.15) is 5.76 Å². The fourth-order valence-electron chi connectivity index (χ4n) is 1.61. The zero-order valence-electron chi connectivity index (χ0n) is 10.6. The van der Waals surface area contributed by atoms with Gasteiger partial charge >= 0.3 is 6.03 Å². The molecule has 6 heteroatoms. The number of aryl methyl sites for hydroxylation is 1. The second-order valence-electron chi connectivity index (χ2n) is 4.19. The van der Waals surface area contributed by atoms with Crippen molar-refractivity contribution in [2.45, 2.75) is 19.9 Å². The first kappa shape index (κ1) is 13.6. The monoisotopic (exact) mass is 323 g/mol. The predicted octanol–water partition coefficient (Wildman–Crippen LogP) is 3.63. The van der Waals surface area contributed by atoms with Gasteiger partial charge in [-0.1, -0.05) is 33.2 Å². The highest BCUT2D eigenvalue weighted by Crippen LogP contribution is 2.16. The molecule has 0 saturated heterocycles. The summed E-state index contributed by atoms with van der Waals surface area (Å²) in [5.74, 6) is 1.05. The van der Waals surface area contributed by atoms with E-state index in [0.29, 0.717) is 11.6 Å². The third-order valence-electron chi connectivity index (χ3n) is 2.59. The molecule has 1 heterocycles. The Bertz CT molecular complexity index is 566. The highest BCUT2D eigenvalue weighted by atomic mass is 79.9. The minimum atomic E-state index is -0.316. The van der Waals surface area contributed by atoms with E-state index in [9.17, 15) is 4.79 Å². The van der Waals surface area contributed by atoms with Crippen molar-refractivity contribution in [3.63, 3.8) is 0 Å². The topological polar surface area (TPSA) is 67.2 Å². The standard InChI is InChI=1S/C13H14BrN3O2/c1-8-7-12(17-19-8)16-13(18)15-9(2)10-3-5-11(14)6-4-10/h3-7,9H,1-2H3,(H2,15,16,17,18). The van der Waals surface area contributed by atoms with Crippen molar-refractivity contribution in [3.8, 4) is 0 Å². The van der Waals surface area contributed by atoms with E-state index in [2.05, 4.69) is 31.7 Å². The number of aromatic nitrogens is 1. The molecule has 2 N–H and O–H groups in total. The van der Waals surface area contributed by atoms with Crippen LogP contribution in [-0.4, -0.2) is 11.2 Å². The van der Waals surface area contributed by atoms with Crippen molar-refractivity contribution < 1.29 is 9.32 Å². The fraction of sp³-hybridized carbons (Fsp3) is 0.231. The average Bonchev–Trinajstić information content (AvgIpc) is 2.75. The number of urea groups is 1. The Kier molecular flexibility index (Phi) is 4.21. The average molecular weight is 324 g/mol. The molecule has 0 fully saturated rings. The van der Waals surface area contributed by atoms with E-state index >= 15 is 0 Å². The Morgan fingerprint density at radius 1 is 1.37 bits per heavy atom. The summed E-state index contributed by atoms with van der Waals surface area (Å²) in [6.07, 6.45) is 0. The van der Waals surface area contributed by atoms with E-state index in [-0.39, 0.29) is 12.1 Å². The van der Waals surface area contributed by atoms with Crippen LogP contribution in [0.1, 0.15) is 24.3 Å². The zero-order valence-corrected chi connectivity index (χ0v) is 12.2. The number of hydrogen-bond donors (Lipinski definition) is 2. The molecular weight excluding hydrogens is 310 g/mol.